The minimum absolute atomic E-state index is 0. The molecule has 0 unspecified atom stereocenters. The first kappa shape index (κ1) is 13.0. The fraction of sp³-hybridized carbons (Fsp3) is 0.167. The Labute approximate surface area is 77.7 Å². The second-order valence-electron chi connectivity index (χ2n) is 1.51. The van der Waals surface area contributed by atoms with Gasteiger partial charge in [0.15, 0.2) is 0 Å². The molecule has 11 heavy (non-hydrogen) atoms. The van der Waals surface area contributed by atoms with Crippen molar-refractivity contribution in [3.8, 4) is 0 Å². The van der Waals surface area contributed by atoms with E-state index in [1.807, 2.05) is 0 Å². The van der Waals surface area contributed by atoms with Crippen LogP contribution in [0.5, 0.6) is 0 Å². The van der Waals surface area contributed by atoms with Gasteiger partial charge in [-0.2, -0.15) is 0 Å². The Morgan fingerprint density at radius 1 is 1.64 bits per heavy atom. The standard InChI is InChI=1S/C6H8N2O.2ClH/c1-2-3-7-6-8-4-5-9-6;;/h2,4-5H,1,3H2,(H,7,8);2*1H. The van der Waals surface area contributed by atoms with Crippen molar-refractivity contribution < 1.29 is 4.42 Å². The van der Waals surface area contributed by atoms with Gasteiger partial charge in [0.05, 0.1) is 6.20 Å². The molecule has 0 saturated heterocycles. The maximum Gasteiger partial charge on any atom is 0.294 e. The van der Waals surface area contributed by atoms with Crippen molar-refractivity contribution >= 4 is 30.8 Å². The van der Waals surface area contributed by atoms with Crippen LogP contribution < -0.4 is 5.32 Å². The molecule has 0 aliphatic carbocycles. The molecule has 0 atom stereocenters. The first-order chi connectivity index (χ1) is 4.43. The monoisotopic (exact) mass is 196 g/mol. The van der Waals surface area contributed by atoms with Gasteiger partial charge in [-0.05, 0) is 0 Å². The van der Waals surface area contributed by atoms with Gasteiger partial charge in [0, 0.05) is 6.54 Å². The Kier molecular flexibility index (Phi) is 8.76. The summed E-state index contributed by atoms with van der Waals surface area (Å²) in [6.07, 6.45) is 4.85. The molecule has 0 aliphatic heterocycles. The van der Waals surface area contributed by atoms with E-state index in [-0.39, 0.29) is 24.8 Å². The van der Waals surface area contributed by atoms with Gasteiger partial charge in [0.1, 0.15) is 6.26 Å². The Morgan fingerprint density at radius 3 is 2.82 bits per heavy atom. The molecule has 0 spiro atoms. The fourth-order valence-corrected chi connectivity index (χ4v) is 0.470. The van der Waals surface area contributed by atoms with Gasteiger partial charge in [-0.3, -0.25) is 0 Å². The minimum Gasteiger partial charge on any atom is -0.432 e. The van der Waals surface area contributed by atoms with Crippen LogP contribution in [0.25, 0.3) is 0 Å². The van der Waals surface area contributed by atoms with E-state index in [2.05, 4.69) is 16.9 Å². The number of hydrogen-bond acceptors (Lipinski definition) is 3. The zero-order valence-electron chi connectivity index (χ0n) is 5.82. The second kappa shape index (κ2) is 7.44. The molecule has 0 amide bonds. The smallest absolute Gasteiger partial charge is 0.294 e. The van der Waals surface area contributed by atoms with Crippen LogP contribution in [0, 0.1) is 0 Å². The average molecular weight is 197 g/mol. The van der Waals surface area contributed by atoms with Crippen molar-refractivity contribution in [2.45, 2.75) is 0 Å². The van der Waals surface area contributed by atoms with Gasteiger partial charge in [-0.1, -0.05) is 6.08 Å². The van der Waals surface area contributed by atoms with Crippen molar-refractivity contribution in [2.24, 2.45) is 0 Å². The van der Waals surface area contributed by atoms with Crippen molar-refractivity contribution in [3.05, 3.63) is 25.1 Å². The van der Waals surface area contributed by atoms with Crippen molar-refractivity contribution in [2.75, 3.05) is 11.9 Å². The van der Waals surface area contributed by atoms with E-state index in [0.29, 0.717) is 12.6 Å². The molecular formula is C6H10Cl2N2O. The lowest BCUT2D eigenvalue weighted by Gasteiger charge is -1.91. The molecule has 1 aromatic heterocycles. The molecular weight excluding hydrogens is 187 g/mol. The molecule has 1 N–H and O–H groups in total. The summed E-state index contributed by atoms with van der Waals surface area (Å²) in [4.78, 5) is 3.83. The molecule has 1 aromatic rings. The van der Waals surface area contributed by atoms with Crippen LogP contribution >= 0.6 is 24.8 Å². The maximum absolute atomic E-state index is 4.87. The van der Waals surface area contributed by atoms with Crippen LogP contribution in [-0.4, -0.2) is 11.5 Å². The molecule has 5 heteroatoms. The summed E-state index contributed by atoms with van der Waals surface area (Å²) in [6.45, 7) is 4.21. The molecule has 0 fully saturated rings. The number of halogens is 2. The molecule has 3 nitrogen and oxygen atoms in total. The summed E-state index contributed by atoms with van der Waals surface area (Å²) in [5.74, 6) is 0. The van der Waals surface area contributed by atoms with E-state index in [1.165, 1.54) is 6.26 Å². The van der Waals surface area contributed by atoms with Gasteiger partial charge in [0.2, 0.25) is 0 Å². The van der Waals surface area contributed by atoms with Crippen LogP contribution in [0.1, 0.15) is 0 Å². The molecule has 0 saturated carbocycles. The Bertz CT molecular complexity index is 177. The van der Waals surface area contributed by atoms with Crippen molar-refractivity contribution in [3.63, 3.8) is 0 Å². The molecule has 0 aliphatic rings. The van der Waals surface area contributed by atoms with Crippen LogP contribution in [0.4, 0.5) is 6.01 Å². The first-order valence-corrected chi connectivity index (χ1v) is 2.68. The molecule has 0 bridgehead atoms. The molecule has 1 heterocycles. The molecule has 0 aromatic carbocycles. The Hall–Kier alpha value is -0.670. The summed E-state index contributed by atoms with van der Waals surface area (Å²) >= 11 is 0. The third-order valence-corrected chi connectivity index (χ3v) is 0.830. The highest BCUT2D eigenvalue weighted by Crippen LogP contribution is 1.98. The lowest BCUT2D eigenvalue weighted by molar-refractivity contribution is 0.573. The highest BCUT2D eigenvalue weighted by molar-refractivity contribution is 5.85. The lowest BCUT2D eigenvalue weighted by Crippen LogP contribution is -1.96. The summed E-state index contributed by atoms with van der Waals surface area (Å²) < 4.78 is 4.87. The van der Waals surface area contributed by atoms with Gasteiger partial charge >= 0.3 is 0 Å². The predicted molar refractivity (Wildman–Crippen MR) is 49.7 cm³/mol. The third-order valence-electron chi connectivity index (χ3n) is 0.830. The zero-order chi connectivity index (χ0) is 6.53. The van der Waals surface area contributed by atoms with Gasteiger partial charge in [0.25, 0.3) is 6.01 Å². The normalized spacial score (nSPS) is 7.27. The number of nitrogens with zero attached hydrogens (tertiary/aromatic N) is 1. The zero-order valence-corrected chi connectivity index (χ0v) is 7.45. The average Bonchev–Trinajstić information content (AvgIpc) is 2.34. The first-order valence-electron chi connectivity index (χ1n) is 2.68. The maximum atomic E-state index is 4.87. The van der Waals surface area contributed by atoms with E-state index in [4.69, 9.17) is 4.42 Å². The Balaban J connectivity index is 0. The number of hydrogen-bond donors (Lipinski definition) is 1. The van der Waals surface area contributed by atoms with Crippen molar-refractivity contribution in [1.29, 1.82) is 0 Å². The van der Waals surface area contributed by atoms with Gasteiger partial charge in [-0.25, -0.2) is 4.98 Å². The third kappa shape index (κ3) is 4.70. The SMILES string of the molecule is C=CCNc1ncco1.Cl.Cl. The van der Waals surface area contributed by atoms with E-state index in [0.717, 1.165) is 0 Å². The highest BCUT2D eigenvalue weighted by atomic mass is 35.5. The summed E-state index contributed by atoms with van der Waals surface area (Å²) in [5, 5.41) is 2.88. The van der Waals surface area contributed by atoms with Crippen LogP contribution in [0.3, 0.4) is 0 Å². The molecule has 0 radical (unpaired) electrons. The van der Waals surface area contributed by atoms with E-state index in [1.54, 1.807) is 12.3 Å². The predicted octanol–water partition coefficient (Wildman–Crippen LogP) is 2.12. The summed E-state index contributed by atoms with van der Waals surface area (Å²) in [6, 6.07) is 0.537. The number of aromatic nitrogens is 1. The Morgan fingerprint density at radius 2 is 2.36 bits per heavy atom. The van der Waals surface area contributed by atoms with E-state index < -0.39 is 0 Å². The van der Waals surface area contributed by atoms with E-state index >= 15 is 0 Å². The second-order valence-corrected chi connectivity index (χ2v) is 1.51. The summed E-state index contributed by atoms with van der Waals surface area (Å²) in [7, 11) is 0. The number of oxazole rings is 1. The van der Waals surface area contributed by atoms with Crippen LogP contribution in [0.15, 0.2) is 29.5 Å². The highest BCUT2D eigenvalue weighted by Gasteiger charge is 1.89. The van der Waals surface area contributed by atoms with Gasteiger partial charge in [-0.15, -0.1) is 31.4 Å². The van der Waals surface area contributed by atoms with Crippen molar-refractivity contribution in [1.82, 2.24) is 4.98 Å². The quantitative estimate of drug-likeness (QED) is 0.754. The van der Waals surface area contributed by atoms with E-state index in [9.17, 15) is 0 Å². The summed E-state index contributed by atoms with van der Waals surface area (Å²) in [5.41, 5.74) is 0. The number of anilines is 1. The van der Waals surface area contributed by atoms with Crippen LogP contribution in [-0.2, 0) is 0 Å². The largest absolute Gasteiger partial charge is 0.432 e. The fourth-order valence-electron chi connectivity index (χ4n) is 0.470. The topological polar surface area (TPSA) is 38.1 Å². The number of nitrogens with one attached hydrogen (secondary N) is 1. The lowest BCUT2D eigenvalue weighted by atomic mass is 10.6. The minimum atomic E-state index is 0. The van der Waals surface area contributed by atoms with Gasteiger partial charge < -0.3 is 9.73 Å². The molecule has 1 rings (SSSR count). The van der Waals surface area contributed by atoms with Crippen LogP contribution in [0.2, 0.25) is 0 Å². The number of rotatable bonds is 3. The molecule has 64 valence electrons.